The second-order valence-electron chi connectivity index (χ2n) is 4.10. The summed E-state index contributed by atoms with van der Waals surface area (Å²) < 4.78 is 1.04. The van der Waals surface area contributed by atoms with Crippen LogP contribution in [0, 0.1) is 5.92 Å². The van der Waals surface area contributed by atoms with Gasteiger partial charge < -0.3 is 10.6 Å². The summed E-state index contributed by atoms with van der Waals surface area (Å²) in [5.74, 6) is 0.0183. The summed E-state index contributed by atoms with van der Waals surface area (Å²) in [6, 6.07) is 5.92. The molecule has 1 amide bonds. The van der Waals surface area contributed by atoms with Gasteiger partial charge in [-0.15, -0.1) is 12.4 Å². The van der Waals surface area contributed by atoms with E-state index < -0.39 is 0 Å². The van der Waals surface area contributed by atoms with Crippen LogP contribution >= 0.6 is 28.3 Å². The average Bonchev–Trinajstić information content (AvgIpc) is 2.31. The Kier molecular flexibility index (Phi) is 8.24. The van der Waals surface area contributed by atoms with Gasteiger partial charge in [-0.3, -0.25) is 4.79 Å². The number of nitrogens with one attached hydrogen (secondary N) is 2. The Morgan fingerprint density at radius 2 is 2.11 bits per heavy atom. The molecule has 0 aromatic heterocycles. The number of carbonyl (C=O) groups is 1. The lowest BCUT2D eigenvalue weighted by Gasteiger charge is -2.14. The molecule has 5 heteroatoms. The number of rotatable bonds is 5. The van der Waals surface area contributed by atoms with Crippen molar-refractivity contribution in [2.45, 2.75) is 20.3 Å². The summed E-state index contributed by atoms with van der Waals surface area (Å²) >= 11 is 3.43. The Balaban J connectivity index is 0.00000289. The number of aryl methyl sites for hydroxylation is 1. The maximum absolute atomic E-state index is 11.9. The van der Waals surface area contributed by atoms with E-state index in [-0.39, 0.29) is 24.2 Å². The van der Waals surface area contributed by atoms with Gasteiger partial charge in [0.25, 0.3) is 0 Å². The monoisotopic (exact) mass is 334 g/mol. The molecule has 0 aliphatic carbocycles. The summed E-state index contributed by atoms with van der Waals surface area (Å²) in [4.78, 5) is 11.9. The minimum atomic E-state index is -0.0339. The molecule has 0 aliphatic rings. The van der Waals surface area contributed by atoms with E-state index in [1.165, 1.54) is 0 Å². The normalized spacial score (nSPS) is 11.6. The van der Waals surface area contributed by atoms with Crippen molar-refractivity contribution in [1.29, 1.82) is 0 Å². The van der Waals surface area contributed by atoms with E-state index in [2.05, 4.69) is 33.5 Å². The average molecular weight is 336 g/mol. The van der Waals surface area contributed by atoms with Crippen molar-refractivity contribution >= 4 is 39.9 Å². The molecule has 0 bridgehead atoms. The predicted octanol–water partition coefficient (Wildman–Crippen LogP) is 3.23. The zero-order valence-corrected chi connectivity index (χ0v) is 13.3. The van der Waals surface area contributed by atoms with Crippen molar-refractivity contribution in [2.75, 3.05) is 18.9 Å². The van der Waals surface area contributed by atoms with Crippen LogP contribution in [0.2, 0.25) is 0 Å². The first-order chi connectivity index (χ1) is 8.08. The molecule has 0 fully saturated rings. The van der Waals surface area contributed by atoms with Crippen molar-refractivity contribution in [3.63, 3.8) is 0 Å². The highest BCUT2D eigenvalue weighted by Gasteiger charge is 2.13. The molecule has 102 valence electrons. The molecule has 3 nitrogen and oxygen atoms in total. The SMILES string of the molecule is CCc1cc(Br)ccc1NC(=O)C(C)CNC.Cl. The van der Waals surface area contributed by atoms with E-state index in [0.29, 0.717) is 6.54 Å². The number of benzene rings is 1. The molecular formula is C13H20BrClN2O. The van der Waals surface area contributed by atoms with Crippen molar-refractivity contribution in [2.24, 2.45) is 5.92 Å². The van der Waals surface area contributed by atoms with E-state index in [0.717, 1.165) is 22.1 Å². The maximum Gasteiger partial charge on any atom is 0.228 e. The first-order valence-electron chi connectivity index (χ1n) is 5.82. The lowest BCUT2D eigenvalue weighted by Crippen LogP contribution is -2.28. The number of anilines is 1. The predicted molar refractivity (Wildman–Crippen MR) is 82.5 cm³/mol. The van der Waals surface area contributed by atoms with Crippen LogP contribution in [0.5, 0.6) is 0 Å². The van der Waals surface area contributed by atoms with E-state index in [1.54, 1.807) is 0 Å². The lowest BCUT2D eigenvalue weighted by atomic mass is 10.1. The van der Waals surface area contributed by atoms with Gasteiger partial charge in [0.15, 0.2) is 0 Å². The third kappa shape index (κ3) is 4.96. The zero-order chi connectivity index (χ0) is 12.8. The van der Waals surface area contributed by atoms with Gasteiger partial charge >= 0.3 is 0 Å². The molecule has 0 spiro atoms. The van der Waals surface area contributed by atoms with Crippen LogP contribution in [0.4, 0.5) is 5.69 Å². The zero-order valence-electron chi connectivity index (χ0n) is 10.9. The van der Waals surface area contributed by atoms with Crippen LogP contribution < -0.4 is 10.6 Å². The Bertz CT molecular complexity index is 399. The molecule has 0 heterocycles. The highest BCUT2D eigenvalue weighted by atomic mass is 79.9. The van der Waals surface area contributed by atoms with Crippen molar-refractivity contribution in [3.8, 4) is 0 Å². The van der Waals surface area contributed by atoms with Crippen molar-refractivity contribution < 1.29 is 4.79 Å². The van der Waals surface area contributed by atoms with Crippen LogP contribution in [-0.4, -0.2) is 19.5 Å². The molecule has 18 heavy (non-hydrogen) atoms. The fourth-order valence-corrected chi connectivity index (χ4v) is 2.04. The molecular weight excluding hydrogens is 316 g/mol. The largest absolute Gasteiger partial charge is 0.326 e. The van der Waals surface area contributed by atoms with Gasteiger partial charge in [0.05, 0.1) is 0 Å². The van der Waals surface area contributed by atoms with Gasteiger partial charge in [-0.1, -0.05) is 29.8 Å². The lowest BCUT2D eigenvalue weighted by molar-refractivity contribution is -0.119. The quantitative estimate of drug-likeness (QED) is 0.867. The van der Waals surface area contributed by atoms with Crippen molar-refractivity contribution in [3.05, 3.63) is 28.2 Å². The molecule has 0 saturated carbocycles. The van der Waals surface area contributed by atoms with Crippen LogP contribution in [0.3, 0.4) is 0 Å². The molecule has 1 aromatic carbocycles. The van der Waals surface area contributed by atoms with Gasteiger partial charge in [0, 0.05) is 22.6 Å². The molecule has 0 saturated heterocycles. The Labute approximate surface area is 123 Å². The van der Waals surface area contributed by atoms with Gasteiger partial charge in [0.2, 0.25) is 5.91 Å². The summed E-state index contributed by atoms with van der Waals surface area (Å²) in [5, 5.41) is 5.98. The molecule has 2 N–H and O–H groups in total. The maximum atomic E-state index is 11.9. The highest BCUT2D eigenvalue weighted by Crippen LogP contribution is 2.22. The fourth-order valence-electron chi connectivity index (χ4n) is 1.63. The molecule has 1 atom stereocenters. The third-order valence-electron chi connectivity index (χ3n) is 2.66. The molecule has 1 unspecified atom stereocenters. The summed E-state index contributed by atoms with van der Waals surface area (Å²) in [5.41, 5.74) is 2.05. The molecule has 1 aromatic rings. The Morgan fingerprint density at radius 3 is 2.67 bits per heavy atom. The van der Waals surface area contributed by atoms with Crippen LogP contribution in [0.15, 0.2) is 22.7 Å². The number of hydrogen-bond acceptors (Lipinski definition) is 2. The summed E-state index contributed by atoms with van der Waals surface area (Å²) in [7, 11) is 1.85. The van der Waals surface area contributed by atoms with Gasteiger partial charge in [-0.25, -0.2) is 0 Å². The van der Waals surface area contributed by atoms with Crippen LogP contribution in [0.1, 0.15) is 19.4 Å². The number of carbonyl (C=O) groups excluding carboxylic acids is 1. The smallest absolute Gasteiger partial charge is 0.228 e. The summed E-state index contributed by atoms with van der Waals surface area (Å²) in [6.07, 6.45) is 0.898. The Hall–Kier alpha value is -0.580. The first-order valence-corrected chi connectivity index (χ1v) is 6.61. The number of halogens is 2. The standard InChI is InChI=1S/C13H19BrN2O.ClH/c1-4-10-7-11(14)5-6-12(10)16-13(17)9(2)8-15-3;/h5-7,9,15H,4,8H2,1-3H3,(H,16,17);1H. The van der Waals surface area contributed by atoms with E-state index in [9.17, 15) is 4.79 Å². The second-order valence-corrected chi connectivity index (χ2v) is 5.02. The van der Waals surface area contributed by atoms with E-state index in [4.69, 9.17) is 0 Å². The number of hydrogen-bond donors (Lipinski definition) is 2. The fraction of sp³-hybridized carbons (Fsp3) is 0.462. The van der Waals surface area contributed by atoms with Gasteiger partial charge in [-0.2, -0.15) is 0 Å². The number of amides is 1. The van der Waals surface area contributed by atoms with E-state index >= 15 is 0 Å². The third-order valence-corrected chi connectivity index (χ3v) is 3.16. The second kappa shape index (κ2) is 8.51. The van der Waals surface area contributed by atoms with Crippen LogP contribution in [-0.2, 0) is 11.2 Å². The molecule has 0 aliphatic heterocycles. The topological polar surface area (TPSA) is 41.1 Å². The Morgan fingerprint density at radius 1 is 1.44 bits per heavy atom. The van der Waals surface area contributed by atoms with Crippen LogP contribution in [0.25, 0.3) is 0 Å². The molecule has 1 rings (SSSR count). The van der Waals surface area contributed by atoms with Gasteiger partial charge in [0.1, 0.15) is 0 Å². The molecule has 0 radical (unpaired) electrons. The highest BCUT2D eigenvalue weighted by molar-refractivity contribution is 9.10. The summed E-state index contributed by atoms with van der Waals surface area (Å²) in [6.45, 7) is 4.68. The van der Waals surface area contributed by atoms with Gasteiger partial charge in [-0.05, 0) is 37.2 Å². The first kappa shape index (κ1) is 17.4. The van der Waals surface area contributed by atoms with E-state index in [1.807, 2.05) is 32.2 Å². The minimum absolute atomic E-state index is 0. The minimum Gasteiger partial charge on any atom is -0.326 e. The van der Waals surface area contributed by atoms with Crippen molar-refractivity contribution in [1.82, 2.24) is 5.32 Å².